The number of cyclic esters (lactones) is 1. The van der Waals surface area contributed by atoms with Crippen molar-refractivity contribution in [3.05, 3.63) is 50.8 Å². The molecule has 5 rings (SSSR count). The van der Waals surface area contributed by atoms with E-state index in [0.29, 0.717) is 34.9 Å². The number of rotatable bonds is 4. The number of carbonyl (C=O) groups excluding carboxylic acids is 1. The molecule has 0 fully saturated rings. The fourth-order valence-electron chi connectivity index (χ4n) is 4.72. The van der Waals surface area contributed by atoms with Gasteiger partial charge in [0.25, 0.3) is 5.56 Å². The van der Waals surface area contributed by atoms with Crippen LogP contribution < -0.4 is 20.8 Å². The fraction of sp³-hybridized carbons (Fsp3) is 0.348. The number of ether oxygens (including phenoxy) is 3. The highest BCUT2D eigenvalue weighted by atomic mass is 16.6. The molecule has 0 saturated carbocycles. The third kappa shape index (κ3) is 2.55. The number of pyridine rings is 2. The van der Waals surface area contributed by atoms with Gasteiger partial charge in [0.15, 0.2) is 17.1 Å². The lowest BCUT2D eigenvalue weighted by molar-refractivity contribution is -0.172. The molecule has 1 aromatic carbocycles. The van der Waals surface area contributed by atoms with Crippen LogP contribution >= 0.6 is 0 Å². The molecule has 1 unspecified atom stereocenters. The number of methoxy groups -OCH3 is 2. The lowest BCUT2D eigenvalue weighted by Gasteiger charge is -2.31. The maximum absolute atomic E-state index is 13.3. The van der Waals surface area contributed by atoms with Gasteiger partial charge in [-0.25, -0.2) is 9.78 Å². The van der Waals surface area contributed by atoms with Crippen molar-refractivity contribution in [2.24, 2.45) is 5.73 Å². The summed E-state index contributed by atoms with van der Waals surface area (Å²) in [6.45, 7) is 2.03. The molecule has 2 aliphatic heterocycles. The summed E-state index contributed by atoms with van der Waals surface area (Å²) in [5.74, 6) is 0.337. The number of benzene rings is 1. The van der Waals surface area contributed by atoms with Crippen molar-refractivity contribution in [3.63, 3.8) is 0 Å². The van der Waals surface area contributed by atoms with Crippen LogP contribution in [-0.2, 0) is 34.8 Å². The minimum absolute atomic E-state index is 0.0881. The second-order valence-electron chi connectivity index (χ2n) is 7.95. The molecule has 9 heteroatoms. The van der Waals surface area contributed by atoms with Gasteiger partial charge in [0.2, 0.25) is 0 Å². The van der Waals surface area contributed by atoms with Gasteiger partial charge < -0.3 is 29.6 Å². The summed E-state index contributed by atoms with van der Waals surface area (Å²) in [4.78, 5) is 30.5. The van der Waals surface area contributed by atoms with Crippen molar-refractivity contribution in [1.29, 1.82) is 0 Å². The molecule has 32 heavy (non-hydrogen) atoms. The van der Waals surface area contributed by atoms with E-state index < -0.39 is 11.6 Å². The first-order valence-electron chi connectivity index (χ1n) is 10.3. The molecule has 0 saturated heterocycles. The molecule has 2 aromatic heterocycles. The summed E-state index contributed by atoms with van der Waals surface area (Å²) in [6, 6.07) is 5.29. The van der Waals surface area contributed by atoms with E-state index in [1.54, 1.807) is 37.8 Å². The molecule has 0 spiro atoms. The first kappa shape index (κ1) is 20.5. The van der Waals surface area contributed by atoms with Crippen molar-refractivity contribution in [1.82, 2.24) is 9.55 Å². The molecular weight excluding hydrogens is 414 g/mol. The van der Waals surface area contributed by atoms with E-state index in [9.17, 15) is 14.7 Å². The number of carbonyl (C=O) groups is 1. The minimum Gasteiger partial charge on any atom is -0.493 e. The number of nitrogens with two attached hydrogens (primary N) is 1. The Bertz CT molecular complexity index is 1360. The molecule has 4 heterocycles. The van der Waals surface area contributed by atoms with Crippen LogP contribution in [-0.4, -0.2) is 34.8 Å². The van der Waals surface area contributed by atoms with Gasteiger partial charge in [-0.05, 0) is 24.1 Å². The van der Waals surface area contributed by atoms with Crippen LogP contribution in [0.3, 0.4) is 0 Å². The Morgan fingerprint density at radius 2 is 1.91 bits per heavy atom. The Kier molecular flexibility index (Phi) is 4.51. The van der Waals surface area contributed by atoms with E-state index in [4.69, 9.17) is 24.9 Å². The standard InChI is InChI=1S/C23H23N3O6/c1-4-23(29)15-6-17-20-13(9-26(17)21(27)14(15)10-32-22(23)28)12(8-24)11-5-18(30-2)19(31-3)7-16(11)25-20/h5-7,29H,4,8-10,24H2,1-3H3. The largest absolute Gasteiger partial charge is 0.493 e. The lowest BCUT2D eigenvalue weighted by atomic mass is 9.86. The Balaban J connectivity index is 1.82. The highest BCUT2D eigenvalue weighted by molar-refractivity contribution is 5.91. The van der Waals surface area contributed by atoms with Gasteiger partial charge in [0.1, 0.15) is 6.61 Å². The van der Waals surface area contributed by atoms with Gasteiger partial charge in [0.05, 0.1) is 43.2 Å². The van der Waals surface area contributed by atoms with Crippen LogP contribution in [0.25, 0.3) is 22.3 Å². The Morgan fingerprint density at radius 3 is 2.56 bits per heavy atom. The van der Waals surface area contributed by atoms with Crippen molar-refractivity contribution in [2.45, 2.75) is 38.6 Å². The van der Waals surface area contributed by atoms with Crippen molar-refractivity contribution in [2.75, 3.05) is 14.2 Å². The Labute approximate surface area is 183 Å². The number of aromatic nitrogens is 2. The van der Waals surface area contributed by atoms with E-state index in [1.807, 2.05) is 6.07 Å². The number of nitrogens with zero attached hydrogens (tertiary/aromatic N) is 2. The average Bonchev–Trinajstić information content (AvgIpc) is 3.17. The number of esters is 1. The van der Waals surface area contributed by atoms with E-state index in [2.05, 4.69) is 0 Å². The zero-order valence-corrected chi connectivity index (χ0v) is 18.0. The van der Waals surface area contributed by atoms with Crippen molar-refractivity contribution < 1.29 is 24.1 Å². The number of hydrogen-bond acceptors (Lipinski definition) is 8. The highest BCUT2D eigenvalue weighted by Gasteiger charge is 2.45. The SMILES string of the molecule is CCC1(O)C(=O)OCc2c1cc1n(c2=O)Cc2c-1nc1cc(OC)c(OC)cc1c2CN. The van der Waals surface area contributed by atoms with Crippen LogP contribution in [0.15, 0.2) is 23.0 Å². The van der Waals surface area contributed by atoms with E-state index in [0.717, 1.165) is 16.5 Å². The smallest absolute Gasteiger partial charge is 0.343 e. The quantitative estimate of drug-likeness (QED) is 0.461. The summed E-state index contributed by atoms with van der Waals surface area (Å²) in [7, 11) is 3.11. The molecule has 0 bridgehead atoms. The molecule has 0 amide bonds. The fourth-order valence-corrected chi connectivity index (χ4v) is 4.72. The van der Waals surface area contributed by atoms with E-state index >= 15 is 0 Å². The zero-order chi connectivity index (χ0) is 22.8. The molecule has 1 atom stereocenters. The first-order chi connectivity index (χ1) is 15.4. The van der Waals surface area contributed by atoms with Gasteiger partial charge >= 0.3 is 5.97 Å². The zero-order valence-electron chi connectivity index (χ0n) is 18.0. The molecule has 3 aromatic rings. The second-order valence-corrected chi connectivity index (χ2v) is 7.95. The summed E-state index contributed by atoms with van der Waals surface area (Å²) in [5.41, 5.74) is 8.00. The highest BCUT2D eigenvalue weighted by Crippen LogP contribution is 2.41. The van der Waals surface area contributed by atoms with Gasteiger partial charge in [0, 0.05) is 29.1 Å². The lowest BCUT2D eigenvalue weighted by Crippen LogP contribution is -2.44. The number of hydrogen-bond donors (Lipinski definition) is 2. The maximum Gasteiger partial charge on any atom is 0.343 e. The Hall–Kier alpha value is -3.43. The predicted octanol–water partition coefficient (Wildman–Crippen LogP) is 1.56. The van der Waals surface area contributed by atoms with Crippen LogP contribution in [0.4, 0.5) is 0 Å². The normalized spacial score (nSPS) is 18.7. The summed E-state index contributed by atoms with van der Waals surface area (Å²) in [6.07, 6.45) is 0.0881. The predicted molar refractivity (Wildman–Crippen MR) is 116 cm³/mol. The number of fused-ring (bicyclic) bond motifs is 5. The van der Waals surface area contributed by atoms with Crippen LogP contribution in [0, 0.1) is 0 Å². The monoisotopic (exact) mass is 437 g/mol. The van der Waals surface area contributed by atoms with E-state index in [1.165, 1.54) is 0 Å². The van der Waals surface area contributed by atoms with Gasteiger partial charge in [-0.15, -0.1) is 0 Å². The third-order valence-corrected chi connectivity index (χ3v) is 6.52. The molecule has 9 nitrogen and oxygen atoms in total. The van der Waals surface area contributed by atoms with Gasteiger partial charge in [-0.1, -0.05) is 6.92 Å². The summed E-state index contributed by atoms with van der Waals surface area (Å²) < 4.78 is 17.6. The van der Waals surface area contributed by atoms with Crippen LogP contribution in [0.1, 0.15) is 35.6 Å². The minimum atomic E-state index is -1.87. The van der Waals surface area contributed by atoms with Gasteiger partial charge in [-0.2, -0.15) is 0 Å². The molecule has 0 radical (unpaired) electrons. The van der Waals surface area contributed by atoms with Crippen LogP contribution in [0.5, 0.6) is 11.5 Å². The molecule has 0 aliphatic carbocycles. The molecule has 3 N–H and O–H groups in total. The molecule has 2 aliphatic rings. The third-order valence-electron chi connectivity index (χ3n) is 6.52. The van der Waals surface area contributed by atoms with Crippen molar-refractivity contribution in [3.8, 4) is 22.9 Å². The first-order valence-corrected chi connectivity index (χ1v) is 10.3. The van der Waals surface area contributed by atoms with Gasteiger partial charge in [-0.3, -0.25) is 4.79 Å². The Morgan fingerprint density at radius 1 is 1.19 bits per heavy atom. The number of aliphatic hydroxyl groups is 1. The second kappa shape index (κ2) is 7.04. The summed E-state index contributed by atoms with van der Waals surface area (Å²) >= 11 is 0. The van der Waals surface area contributed by atoms with Crippen molar-refractivity contribution >= 4 is 16.9 Å². The van der Waals surface area contributed by atoms with E-state index in [-0.39, 0.29) is 36.3 Å². The summed E-state index contributed by atoms with van der Waals surface area (Å²) in [5, 5.41) is 11.8. The average molecular weight is 437 g/mol. The topological polar surface area (TPSA) is 126 Å². The van der Waals surface area contributed by atoms with Crippen LogP contribution in [0.2, 0.25) is 0 Å². The maximum atomic E-state index is 13.3. The molecular formula is C23H23N3O6. The molecule has 166 valence electrons.